The second-order valence-corrected chi connectivity index (χ2v) is 6.65. The highest BCUT2D eigenvalue weighted by molar-refractivity contribution is 5.84. The predicted molar refractivity (Wildman–Crippen MR) is 87.7 cm³/mol. The fraction of sp³-hybridized carbons (Fsp3) is 0.625. The van der Waals surface area contributed by atoms with Gasteiger partial charge in [-0.05, 0) is 19.4 Å². The molecule has 24 heavy (non-hydrogen) atoms. The van der Waals surface area contributed by atoms with Gasteiger partial charge in [0.25, 0.3) is 0 Å². The molecule has 1 aromatic rings. The first-order valence-corrected chi connectivity index (χ1v) is 8.23. The number of carboxylic acid groups (broad SMARTS) is 1. The molecule has 8 nitrogen and oxygen atoms in total. The molecule has 1 fully saturated rings. The molecule has 3 heterocycles. The third-order valence-electron chi connectivity index (χ3n) is 4.85. The second-order valence-electron chi connectivity index (χ2n) is 6.65. The van der Waals surface area contributed by atoms with Crippen molar-refractivity contribution in [2.75, 3.05) is 26.2 Å². The van der Waals surface area contributed by atoms with Crippen molar-refractivity contribution in [2.45, 2.75) is 38.6 Å². The maximum Gasteiger partial charge on any atom is 0.331 e. The molecule has 3 rings (SSSR count). The third kappa shape index (κ3) is 3.00. The zero-order chi connectivity index (χ0) is 17.3. The molecule has 1 amide bonds. The Kier molecular flexibility index (Phi) is 4.29. The van der Waals surface area contributed by atoms with E-state index in [4.69, 9.17) is 0 Å². The van der Waals surface area contributed by atoms with E-state index in [2.05, 4.69) is 10.2 Å². The van der Waals surface area contributed by atoms with Crippen LogP contribution in [0.5, 0.6) is 0 Å². The van der Waals surface area contributed by atoms with Crippen LogP contribution < -0.4 is 0 Å². The van der Waals surface area contributed by atoms with Gasteiger partial charge in [-0.2, -0.15) is 10.2 Å². The van der Waals surface area contributed by atoms with Gasteiger partial charge in [-0.15, -0.1) is 0 Å². The van der Waals surface area contributed by atoms with Gasteiger partial charge in [-0.3, -0.25) is 14.5 Å². The molecule has 0 spiro atoms. The number of aromatic nitrogens is 2. The summed E-state index contributed by atoms with van der Waals surface area (Å²) in [4.78, 5) is 26.1. The van der Waals surface area contributed by atoms with Gasteiger partial charge < -0.3 is 10.0 Å². The number of rotatable bonds is 4. The van der Waals surface area contributed by atoms with Gasteiger partial charge in [0.2, 0.25) is 5.91 Å². The Bertz CT molecular complexity index is 673. The minimum Gasteiger partial charge on any atom is -0.479 e. The van der Waals surface area contributed by atoms with Gasteiger partial charge in [-0.25, -0.2) is 4.79 Å². The quantitative estimate of drug-likeness (QED) is 0.875. The summed E-state index contributed by atoms with van der Waals surface area (Å²) in [5.74, 6) is -0.887. The standard InChI is InChI=1S/C16H23N5O3/c1-12-9-17-21(10-12)16(15(23)24)4-7-19(8-5-16)14(22)11-20-6-3-13(2)18-20/h9-10H,3-8,11H2,1-2H3,(H,23,24). The van der Waals surface area contributed by atoms with Crippen molar-refractivity contribution >= 4 is 17.6 Å². The number of hydrazone groups is 1. The maximum absolute atomic E-state index is 12.4. The number of piperidine rings is 1. The summed E-state index contributed by atoms with van der Waals surface area (Å²) in [6, 6.07) is 0. The van der Waals surface area contributed by atoms with Crippen LogP contribution in [0.2, 0.25) is 0 Å². The average molecular weight is 333 g/mol. The lowest BCUT2D eigenvalue weighted by atomic mass is 9.87. The van der Waals surface area contributed by atoms with Crippen molar-refractivity contribution in [3.05, 3.63) is 18.0 Å². The highest BCUT2D eigenvalue weighted by atomic mass is 16.4. The molecular weight excluding hydrogens is 310 g/mol. The van der Waals surface area contributed by atoms with E-state index in [1.54, 1.807) is 27.0 Å². The zero-order valence-corrected chi connectivity index (χ0v) is 14.1. The maximum atomic E-state index is 12.4. The zero-order valence-electron chi connectivity index (χ0n) is 14.1. The fourth-order valence-corrected chi connectivity index (χ4v) is 3.32. The van der Waals surface area contributed by atoms with E-state index in [0.717, 1.165) is 24.2 Å². The molecule has 130 valence electrons. The van der Waals surface area contributed by atoms with E-state index in [1.165, 1.54) is 0 Å². The number of hydrogen-bond acceptors (Lipinski definition) is 5. The van der Waals surface area contributed by atoms with Crippen LogP contribution in [-0.4, -0.2) is 68.6 Å². The van der Waals surface area contributed by atoms with Crippen molar-refractivity contribution in [3.63, 3.8) is 0 Å². The monoisotopic (exact) mass is 333 g/mol. The minimum atomic E-state index is -1.06. The lowest BCUT2D eigenvalue weighted by Crippen LogP contribution is -2.53. The largest absolute Gasteiger partial charge is 0.479 e. The molecule has 1 saturated heterocycles. The van der Waals surface area contributed by atoms with Crippen LogP contribution in [0.15, 0.2) is 17.5 Å². The van der Waals surface area contributed by atoms with Gasteiger partial charge in [-0.1, -0.05) is 0 Å². The molecule has 0 radical (unpaired) electrons. The summed E-state index contributed by atoms with van der Waals surface area (Å²) < 4.78 is 1.54. The van der Waals surface area contributed by atoms with Gasteiger partial charge >= 0.3 is 5.97 Å². The Hall–Kier alpha value is -2.38. The first kappa shape index (κ1) is 16.5. The molecule has 2 aliphatic rings. The summed E-state index contributed by atoms with van der Waals surface area (Å²) in [7, 11) is 0. The Morgan fingerprint density at radius 2 is 1.96 bits per heavy atom. The van der Waals surface area contributed by atoms with Crippen LogP contribution >= 0.6 is 0 Å². The number of carboxylic acids is 1. The van der Waals surface area contributed by atoms with E-state index in [9.17, 15) is 14.7 Å². The van der Waals surface area contributed by atoms with Crippen molar-refractivity contribution < 1.29 is 14.7 Å². The Morgan fingerprint density at radius 1 is 1.25 bits per heavy atom. The van der Waals surface area contributed by atoms with Crippen LogP contribution in [0.4, 0.5) is 0 Å². The molecule has 2 aliphatic heterocycles. The molecule has 0 aromatic carbocycles. The molecule has 1 N–H and O–H groups in total. The SMILES string of the molecule is CC1=NN(CC(=O)N2CCC(C(=O)O)(n3cc(C)cn3)CC2)CC1. The first-order valence-electron chi connectivity index (χ1n) is 8.23. The van der Waals surface area contributed by atoms with E-state index in [-0.39, 0.29) is 12.5 Å². The summed E-state index contributed by atoms with van der Waals surface area (Å²) in [5.41, 5.74) is 0.907. The van der Waals surface area contributed by atoms with Crippen molar-refractivity contribution in [3.8, 4) is 0 Å². The number of likely N-dealkylation sites (tertiary alicyclic amines) is 1. The normalized spacial score (nSPS) is 20.2. The number of carbonyl (C=O) groups excluding carboxylic acids is 1. The lowest BCUT2D eigenvalue weighted by Gasteiger charge is -2.39. The summed E-state index contributed by atoms with van der Waals surface area (Å²) in [6.07, 6.45) is 5.03. The molecule has 8 heteroatoms. The van der Waals surface area contributed by atoms with Crippen molar-refractivity contribution in [1.82, 2.24) is 19.7 Å². The topological polar surface area (TPSA) is 91.0 Å². The molecule has 0 saturated carbocycles. The van der Waals surface area contributed by atoms with Crippen LogP contribution in [0.1, 0.15) is 31.7 Å². The molecular formula is C16H23N5O3. The van der Waals surface area contributed by atoms with Gasteiger partial charge in [0.15, 0.2) is 5.54 Å². The summed E-state index contributed by atoms with van der Waals surface area (Å²) in [5, 5.41) is 20.1. The molecule has 0 unspecified atom stereocenters. The highest BCUT2D eigenvalue weighted by Gasteiger charge is 2.45. The van der Waals surface area contributed by atoms with Crippen molar-refractivity contribution in [2.24, 2.45) is 5.10 Å². The Morgan fingerprint density at radius 3 is 2.46 bits per heavy atom. The number of amides is 1. The van der Waals surface area contributed by atoms with Crippen LogP contribution in [0, 0.1) is 6.92 Å². The van der Waals surface area contributed by atoms with Gasteiger partial charge in [0.05, 0.1) is 6.20 Å². The number of nitrogens with zero attached hydrogens (tertiary/aromatic N) is 5. The van der Waals surface area contributed by atoms with Gasteiger partial charge in [0, 0.05) is 50.8 Å². The summed E-state index contributed by atoms with van der Waals surface area (Å²) in [6.45, 7) is 5.71. The first-order chi connectivity index (χ1) is 11.4. The average Bonchev–Trinajstić information content (AvgIpc) is 3.16. The molecule has 0 bridgehead atoms. The number of aliphatic carboxylic acids is 1. The lowest BCUT2D eigenvalue weighted by molar-refractivity contribution is -0.153. The second kappa shape index (κ2) is 6.26. The molecule has 0 aliphatic carbocycles. The van der Waals surface area contributed by atoms with Crippen LogP contribution in [-0.2, 0) is 15.1 Å². The molecule has 0 atom stereocenters. The third-order valence-corrected chi connectivity index (χ3v) is 4.85. The Labute approximate surface area is 140 Å². The smallest absolute Gasteiger partial charge is 0.331 e. The predicted octanol–water partition coefficient (Wildman–Crippen LogP) is 0.675. The summed E-state index contributed by atoms with van der Waals surface area (Å²) >= 11 is 0. The Balaban J connectivity index is 1.65. The van der Waals surface area contributed by atoms with Crippen LogP contribution in [0.25, 0.3) is 0 Å². The fourth-order valence-electron chi connectivity index (χ4n) is 3.32. The number of carbonyl (C=O) groups is 2. The van der Waals surface area contributed by atoms with E-state index in [0.29, 0.717) is 25.9 Å². The highest BCUT2D eigenvalue weighted by Crippen LogP contribution is 2.30. The minimum absolute atomic E-state index is 0.00378. The van der Waals surface area contributed by atoms with Gasteiger partial charge in [0.1, 0.15) is 6.54 Å². The number of hydrogen-bond donors (Lipinski definition) is 1. The van der Waals surface area contributed by atoms with E-state index in [1.807, 2.05) is 13.8 Å². The molecule has 1 aromatic heterocycles. The van der Waals surface area contributed by atoms with Crippen LogP contribution in [0.3, 0.4) is 0 Å². The number of aryl methyl sites for hydroxylation is 1. The van der Waals surface area contributed by atoms with E-state index >= 15 is 0 Å². The van der Waals surface area contributed by atoms with Crippen molar-refractivity contribution in [1.29, 1.82) is 0 Å². The van der Waals surface area contributed by atoms with E-state index < -0.39 is 11.5 Å².